The van der Waals surface area contributed by atoms with Crippen LogP contribution >= 0.6 is 0 Å². The molecule has 0 unspecified atom stereocenters. The lowest BCUT2D eigenvalue weighted by molar-refractivity contribution is 0.0503. The van der Waals surface area contributed by atoms with Gasteiger partial charge >= 0.3 is 6.09 Å². The molecule has 3 rings (SSSR count). The molecule has 4 nitrogen and oxygen atoms in total. The molecule has 2 N–H and O–H groups in total. The Morgan fingerprint density at radius 1 is 1.15 bits per heavy atom. The van der Waals surface area contributed by atoms with Crippen molar-refractivity contribution in [3.05, 3.63) is 71.4 Å². The maximum atomic E-state index is 12.4. The van der Waals surface area contributed by atoms with Crippen LogP contribution in [0.5, 0.6) is 0 Å². The van der Waals surface area contributed by atoms with Crippen molar-refractivity contribution in [2.24, 2.45) is 0 Å². The number of aryl methyl sites for hydroxylation is 1. The molecule has 0 radical (unpaired) electrons. The number of carbonyl (C=O) groups is 1. The van der Waals surface area contributed by atoms with E-state index in [0.29, 0.717) is 6.42 Å². The fourth-order valence-electron chi connectivity index (χ4n) is 3.11. The minimum atomic E-state index is -0.526. The summed E-state index contributed by atoms with van der Waals surface area (Å²) in [7, 11) is 0. The highest BCUT2D eigenvalue weighted by atomic mass is 16.6. The van der Waals surface area contributed by atoms with Crippen molar-refractivity contribution in [1.82, 2.24) is 10.3 Å². The van der Waals surface area contributed by atoms with E-state index < -0.39 is 11.7 Å². The first kappa shape index (κ1) is 18.1. The highest BCUT2D eigenvalue weighted by molar-refractivity contribution is 5.83. The number of ether oxygens (including phenoxy) is 1. The number of para-hydroxylation sites is 1. The van der Waals surface area contributed by atoms with Crippen molar-refractivity contribution in [1.29, 1.82) is 0 Å². The predicted octanol–water partition coefficient (Wildman–Crippen LogP) is 5.28. The Balaban J connectivity index is 1.89. The lowest BCUT2D eigenvalue weighted by Crippen LogP contribution is -2.35. The van der Waals surface area contributed by atoms with Gasteiger partial charge in [-0.1, -0.05) is 48.0 Å². The zero-order chi connectivity index (χ0) is 18.7. The number of aromatic nitrogens is 1. The van der Waals surface area contributed by atoms with Crippen molar-refractivity contribution in [3.8, 4) is 0 Å². The normalized spacial score (nSPS) is 12.8. The van der Waals surface area contributed by atoms with Crippen molar-refractivity contribution < 1.29 is 9.53 Å². The fraction of sp³-hybridized carbons (Fsp3) is 0.318. The first-order valence-corrected chi connectivity index (χ1v) is 8.93. The van der Waals surface area contributed by atoms with E-state index >= 15 is 0 Å². The van der Waals surface area contributed by atoms with Crippen molar-refractivity contribution in [3.63, 3.8) is 0 Å². The Labute approximate surface area is 154 Å². The summed E-state index contributed by atoms with van der Waals surface area (Å²) in [5, 5.41) is 4.22. The molecule has 0 bridgehead atoms. The van der Waals surface area contributed by atoms with Crippen LogP contribution in [0.15, 0.2) is 54.7 Å². The van der Waals surface area contributed by atoms with Crippen LogP contribution in [-0.2, 0) is 11.2 Å². The number of fused-ring (bicyclic) bond motifs is 1. The summed E-state index contributed by atoms with van der Waals surface area (Å²) in [6, 6.07) is 16.3. The molecule has 0 spiro atoms. The molecule has 1 aromatic heterocycles. The number of amides is 1. The number of aromatic amines is 1. The van der Waals surface area contributed by atoms with Crippen LogP contribution in [-0.4, -0.2) is 16.7 Å². The quantitative estimate of drug-likeness (QED) is 0.672. The molecule has 0 aliphatic heterocycles. The van der Waals surface area contributed by atoms with Gasteiger partial charge < -0.3 is 15.0 Å². The van der Waals surface area contributed by atoms with Gasteiger partial charge in [0.2, 0.25) is 0 Å². The molecule has 0 aliphatic carbocycles. The van der Waals surface area contributed by atoms with Gasteiger partial charge in [0.1, 0.15) is 5.60 Å². The summed E-state index contributed by atoms with van der Waals surface area (Å²) in [6.45, 7) is 7.66. The molecule has 3 aromatic rings. The summed E-state index contributed by atoms with van der Waals surface area (Å²) in [6.07, 6.45) is 2.31. The molecular weight excluding hydrogens is 324 g/mol. The minimum Gasteiger partial charge on any atom is -0.444 e. The van der Waals surface area contributed by atoms with E-state index in [9.17, 15) is 4.79 Å². The molecule has 1 amide bonds. The number of alkyl carbamates (subject to hydrolysis) is 1. The monoisotopic (exact) mass is 350 g/mol. The largest absolute Gasteiger partial charge is 0.444 e. The van der Waals surface area contributed by atoms with Gasteiger partial charge in [0.05, 0.1) is 6.04 Å². The topological polar surface area (TPSA) is 54.1 Å². The SMILES string of the molecule is Cc1cccc([C@@H](Cc2c[nH]c3ccccc23)NC(=O)OC(C)(C)C)c1. The van der Waals surface area contributed by atoms with Crippen molar-refractivity contribution >= 4 is 17.0 Å². The van der Waals surface area contributed by atoms with E-state index in [4.69, 9.17) is 4.74 Å². The molecule has 1 atom stereocenters. The maximum absolute atomic E-state index is 12.4. The molecule has 0 saturated carbocycles. The predicted molar refractivity (Wildman–Crippen MR) is 105 cm³/mol. The van der Waals surface area contributed by atoms with E-state index in [1.165, 1.54) is 10.9 Å². The second-order valence-corrected chi connectivity index (χ2v) is 7.68. The number of hydrogen-bond donors (Lipinski definition) is 2. The van der Waals surface area contributed by atoms with E-state index in [-0.39, 0.29) is 6.04 Å². The van der Waals surface area contributed by atoms with E-state index in [0.717, 1.165) is 16.6 Å². The standard InChI is InChI=1S/C22H26N2O2/c1-15-8-7-9-16(12-15)20(24-21(25)26-22(2,3)4)13-17-14-23-19-11-6-5-10-18(17)19/h5-12,14,20,23H,13H2,1-4H3,(H,24,25)/t20-/m1/s1. The minimum absolute atomic E-state index is 0.163. The van der Waals surface area contributed by atoms with E-state index in [2.05, 4.69) is 41.5 Å². The van der Waals surface area contributed by atoms with Gasteiger partial charge in [-0.05, 0) is 51.3 Å². The molecule has 0 aliphatic rings. The summed E-state index contributed by atoms with van der Waals surface area (Å²) in [4.78, 5) is 15.7. The lowest BCUT2D eigenvalue weighted by Gasteiger charge is -2.24. The van der Waals surface area contributed by atoms with Crippen LogP contribution in [0.2, 0.25) is 0 Å². The third-order valence-corrected chi connectivity index (χ3v) is 4.23. The van der Waals surface area contributed by atoms with Crippen LogP contribution < -0.4 is 5.32 Å². The van der Waals surface area contributed by atoms with Gasteiger partial charge in [-0.3, -0.25) is 0 Å². The van der Waals surface area contributed by atoms with Crippen molar-refractivity contribution in [2.45, 2.75) is 45.8 Å². The Kier molecular flexibility index (Phi) is 5.03. The second kappa shape index (κ2) is 7.24. The Morgan fingerprint density at radius 3 is 2.65 bits per heavy atom. The van der Waals surface area contributed by atoms with Crippen LogP contribution in [0, 0.1) is 6.92 Å². The molecule has 26 heavy (non-hydrogen) atoms. The van der Waals surface area contributed by atoms with E-state index in [1.807, 2.05) is 51.2 Å². The Bertz CT molecular complexity index is 906. The molecule has 136 valence electrons. The van der Waals surface area contributed by atoms with Gasteiger partial charge in [0.25, 0.3) is 0 Å². The first-order chi connectivity index (χ1) is 12.3. The van der Waals surface area contributed by atoms with Crippen LogP contribution in [0.3, 0.4) is 0 Å². The summed E-state index contributed by atoms with van der Waals surface area (Å²) < 4.78 is 5.47. The van der Waals surface area contributed by atoms with Gasteiger partial charge in [-0.15, -0.1) is 0 Å². The van der Waals surface area contributed by atoms with Crippen LogP contribution in [0.25, 0.3) is 10.9 Å². The third-order valence-electron chi connectivity index (χ3n) is 4.23. The number of rotatable bonds is 4. The van der Waals surface area contributed by atoms with E-state index in [1.54, 1.807) is 0 Å². The maximum Gasteiger partial charge on any atom is 0.408 e. The zero-order valence-electron chi connectivity index (χ0n) is 15.8. The summed E-state index contributed by atoms with van der Waals surface area (Å²) in [5.41, 5.74) is 3.98. The average Bonchev–Trinajstić information content (AvgIpc) is 2.96. The highest BCUT2D eigenvalue weighted by Crippen LogP contribution is 2.25. The second-order valence-electron chi connectivity index (χ2n) is 7.68. The molecule has 0 saturated heterocycles. The number of nitrogens with one attached hydrogen (secondary N) is 2. The van der Waals surface area contributed by atoms with Gasteiger partial charge in [-0.2, -0.15) is 0 Å². The fourth-order valence-corrected chi connectivity index (χ4v) is 3.11. The smallest absolute Gasteiger partial charge is 0.408 e. The summed E-state index contributed by atoms with van der Waals surface area (Å²) >= 11 is 0. The first-order valence-electron chi connectivity index (χ1n) is 8.93. The zero-order valence-corrected chi connectivity index (χ0v) is 15.8. The van der Waals surface area contributed by atoms with Gasteiger partial charge in [0.15, 0.2) is 0 Å². The summed E-state index contributed by atoms with van der Waals surface area (Å²) in [5.74, 6) is 0. The van der Waals surface area contributed by atoms with Crippen LogP contribution in [0.4, 0.5) is 4.79 Å². The number of H-pyrrole nitrogens is 1. The van der Waals surface area contributed by atoms with Gasteiger partial charge in [-0.25, -0.2) is 4.79 Å². The number of carbonyl (C=O) groups excluding carboxylic acids is 1. The van der Waals surface area contributed by atoms with Gasteiger partial charge in [0, 0.05) is 17.1 Å². The molecule has 0 fully saturated rings. The number of benzene rings is 2. The third kappa shape index (κ3) is 4.45. The molecule has 4 heteroatoms. The van der Waals surface area contributed by atoms with Crippen LogP contribution in [0.1, 0.15) is 43.5 Å². The Morgan fingerprint density at radius 2 is 1.92 bits per heavy atom. The molecular formula is C22H26N2O2. The molecule has 2 aromatic carbocycles. The number of hydrogen-bond acceptors (Lipinski definition) is 2. The average molecular weight is 350 g/mol. The van der Waals surface area contributed by atoms with Crippen molar-refractivity contribution in [2.75, 3.05) is 0 Å². The lowest BCUT2D eigenvalue weighted by atomic mass is 9.97. The Hall–Kier alpha value is -2.75. The highest BCUT2D eigenvalue weighted by Gasteiger charge is 2.22. The molecule has 1 heterocycles.